The number of fused-ring (bicyclic) bond motifs is 8. The fraction of sp³-hybridized carbons (Fsp3) is 0.231. The van der Waals surface area contributed by atoms with Gasteiger partial charge in [0.25, 0.3) is 6.71 Å². The van der Waals surface area contributed by atoms with Gasteiger partial charge in [0, 0.05) is 50.8 Å². The molecule has 402 valence electrons. The van der Waals surface area contributed by atoms with E-state index in [2.05, 4.69) is 288 Å². The molecule has 0 saturated heterocycles. The maximum absolute atomic E-state index is 2.84. The molecule has 0 N–H and O–H groups in total. The second-order valence-corrected chi connectivity index (χ2v) is 26.8. The summed E-state index contributed by atoms with van der Waals surface area (Å²) in [6.07, 6.45) is 6.76. The molecular weight excluding hydrogens is 990 g/mol. The lowest BCUT2D eigenvalue weighted by atomic mass is 9.33. The third-order valence-corrected chi connectivity index (χ3v) is 20.0. The van der Waals surface area contributed by atoms with Gasteiger partial charge in [-0.3, -0.25) is 0 Å². The Morgan fingerprint density at radius 2 is 1.01 bits per heavy atom. The molecule has 2 aliphatic carbocycles. The SMILES string of the molecule is Cc1ccccc1-c1ccc2c(c1)C1(C)CCCCC1(C)N2c1cc2c3c(c1)N(c1ccc(C(C)(C)C)cc1-c1ccccc1)c1cc4c(cc1B3c1ccc(-c3ccccc3)cc1N2c1cccc(-c2ccccc2)c1)CC(C)(C)C4. The summed E-state index contributed by atoms with van der Waals surface area (Å²) in [6.45, 7) is 19.4. The molecule has 2 unspecified atom stereocenters. The molecule has 1 fully saturated rings. The van der Waals surface area contributed by atoms with E-state index < -0.39 is 0 Å². The van der Waals surface area contributed by atoms with Gasteiger partial charge in [-0.05, 0) is 194 Å². The average molecular weight is 1060 g/mol. The van der Waals surface area contributed by atoms with E-state index in [1.165, 1.54) is 141 Å². The quantitative estimate of drug-likeness (QED) is 0.147. The monoisotopic (exact) mass is 1060 g/mol. The maximum Gasteiger partial charge on any atom is 0.252 e. The molecule has 0 bridgehead atoms. The van der Waals surface area contributed by atoms with E-state index in [-0.39, 0.29) is 28.5 Å². The number of hydrogen-bond donors (Lipinski definition) is 0. The van der Waals surface area contributed by atoms with Crippen LogP contribution in [0.1, 0.15) is 102 Å². The average Bonchev–Trinajstić information content (AvgIpc) is 1.35. The predicted molar refractivity (Wildman–Crippen MR) is 350 cm³/mol. The molecule has 0 aromatic heterocycles. The molecule has 0 radical (unpaired) electrons. The van der Waals surface area contributed by atoms with E-state index >= 15 is 0 Å². The molecule has 2 atom stereocenters. The predicted octanol–water partition coefficient (Wildman–Crippen LogP) is 18.9. The topological polar surface area (TPSA) is 9.72 Å². The summed E-state index contributed by atoms with van der Waals surface area (Å²) in [5, 5.41) is 0. The highest BCUT2D eigenvalue weighted by Gasteiger charge is 2.58. The van der Waals surface area contributed by atoms with Crippen molar-refractivity contribution in [2.75, 3.05) is 14.7 Å². The van der Waals surface area contributed by atoms with Gasteiger partial charge in [-0.2, -0.15) is 0 Å². The summed E-state index contributed by atoms with van der Waals surface area (Å²) in [6, 6.07) is 84.2. The van der Waals surface area contributed by atoms with E-state index in [1.54, 1.807) is 0 Å². The number of benzene rings is 10. The number of rotatable bonds is 7. The smallest absolute Gasteiger partial charge is 0.252 e. The molecule has 15 rings (SSSR count). The number of anilines is 8. The zero-order valence-corrected chi connectivity index (χ0v) is 48.9. The van der Waals surface area contributed by atoms with E-state index in [0.29, 0.717) is 0 Å². The molecule has 0 amide bonds. The zero-order valence-electron chi connectivity index (χ0n) is 48.9. The third-order valence-electron chi connectivity index (χ3n) is 20.0. The molecule has 1 saturated carbocycles. The summed E-state index contributed by atoms with van der Waals surface area (Å²) in [5.74, 6) is 0. The largest absolute Gasteiger partial charge is 0.334 e. The lowest BCUT2D eigenvalue weighted by molar-refractivity contribution is 0.195. The van der Waals surface area contributed by atoms with Gasteiger partial charge in [0.05, 0.1) is 11.2 Å². The Balaban J connectivity index is 1.08. The van der Waals surface area contributed by atoms with Crippen LogP contribution in [0.5, 0.6) is 0 Å². The molecule has 10 aromatic rings. The van der Waals surface area contributed by atoms with Crippen molar-refractivity contribution in [3.05, 3.63) is 246 Å². The van der Waals surface area contributed by atoms with Crippen molar-refractivity contribution in [3.8, 4) is 44.5 Å². The molecule has 0 spiro atoms. The van der Waals surface area contributed by atoms with Gasteiger partial charge in [-0.15, -0.1) is 0 Å². The zero-order chi connectivity index (χ0) is 55.9. The minimum atomic E-state index is -0.212. The van der Waals surface area contributed by atoms with E-state index in [4.69, 9.17) is 0 Å². The fourth-order valence-electron chi connectivity index (χ4n) is 15.7. The summed E-state index contributed by atoms with van der Waals surface area (Å²) in [4.78, 5) is 8.23. The lowest BCUT2D eigenvalue weighted by Crippen LogP contribution is -2.61. The first-order valence-corrected chi connectivity index (χ1v) is 30.2. The van der Waals surface area contributed by atoms with Gasteiger partial charge >= 0.3 is 0 Å². The van der Waals surface area contributed by atoms with Crippen molar-refractivity contribution in [1.29, 1.82) is 0 Å². The molecular formula is C78H72BN3. The first-order valence-electron chi connectivity index (χ1n) is 30.2. The molecule has 3 heterocycles. The van der Waals surface area contributed by atoms with Gasteiger partial charge in [0.15, 0.2) is 0 Å². The van der Waals surface area contributed by atoms with Crippen molar-refractivity contribution in [3.63, 3.8) is 0 Å². The van der Waals surface area contributed by atoms with Crippen LogP contribution in [-0.4, -0.2) is 12.3 Å². The van der Waals surface area contributed by atoms with E-state index in [9.17, 15) is 0 Å². The van der Waals surface area contributed by atoms with Gasteiger partial charge in [0.2, 0.25) is 0 Å². The highest BCUT2D eigenvalue weighted by Crippen LogP contribution is 2.63. The van der Waals surface area contributed by atoms with Crippen molar-refractivity contribution in [2.45, 2.75) is 110 Å². The fourth-order valence-corrected chi connectivity index (χ4v) is 15.7. The van der Waals surface area contributed by atoms with Crippen LogP contribution in [0, 0.1) is 12.3 Å². The first-order chi connectivity index (χ1) is 39.7. The van der Waals surface area contributed by atoms with E-state index in [1.807, 2.05) is 0 Å². The molecule has 3 aliphatic heterocycles. The minimum Gasteiger partial charge on any atom is -0.334 e. The summed E-state index contributed by atoms with van der Waals surface area (Å²) in [7, 11) is 0. The molecule has 5 aliphatic rings. The number of hydrogen-bond acceptors (Lipinski definition) is 3. The van der Waals surface area contributed by atoms with Crippen LogP contribution in [0.2, 0.25) is 0 Å². The number of nitrogens with zero attached hydrogens (tertiary/aromatic N) is 3. The first kappa shape index (κ1) is 50.6. The Kier molecular flexibility index (Phi) is 11.5. The van der Waals surface area contributed by atoms with Crippen molar-refractivity contribution in [1.82, 2.24) is 0 Å². The van der Waals surface area contributed by atoms with Crippen LogP contribution in [0.4, 0.5) is 45.5 Å². The van der Waals surface area contributed by atoms with Gasteiger partial charge in [0.1, 0.15) is 0 Å². The molecule has 10 aromatic carbocycles. The second-order valence-electron chi connectivity index (χ2n) is 26.8. The van der Waals surface area contributed by atoms with Crippen LogP contribution >= 0.6 is 0 Å². The molecule has 4 heteroatoms. The highest BCUT2D eigenvalue weighted by molar-refractivity contribution is 7.00. The summed E-state index contributed by atoms with van der Waals surface area (Å²) < 4.78 is 0. The summed E-state index contributed by atoms with van der Waals surface area (Å²) >= 11 is 0. The van der Waals surface area contributed by atoms with Crippen LogP contribution in [0.15, 0.2) is 218 Å². The van der Waals surface area contributed by atoms with Crippen LogP contribution in [-0.2, 0) is 23.7 Å². The Labute approximate surface area is 487 Å². The Morgan fingerprint density at radius 3 is 1.72 bits per heavy atom. The molecule has 82 heavy (non-hydrogen) atoms. The van der Waals surface area contributed by atoms with Crippen molar-refractivity contribution < 1.29 is 0 Å². The molecule has 3 nitrogen and oxygen atoms in total. The summed E-state index contributed by atoms with van der Waals surface area (Å²) in [5.41, 5.74) is 30.8. The van der Waals surface area contributed by atoms with Crippen molar-refractivity contribution >= 4 is 68.6 Å². The Hall–Kier alpha value is -8.34. The standard InChI is InChI=1S/C78H72BN3/c1-51-23-18-19-32-63(51)57-34-37-69-65(42-57)77(7)39-20-21-40-78(77,8)82(69)62-47-72-74-73(48-62)81(68-38-35-60(75(2,3)4)46-64(68)54-28-16-11-17-29-54)71-45-59-50-76(5,6)49-58(59)43-67(71)79(74)66-36-33-56(53-26-14-10-15-27-53)44-70(66)80(72)61-31-22-30-55(41-61)52-24-12-9-13-25-52/h9-19,22-38,41-48H,20-21,39-40,49-50H2,1-8H3. The van der Waals surface area contributed by atoms with E-state index in [0.717, 1.165) is 31.4 Å². The second kappa shape index (κ2) is 18.6. The lowest BCUT2D eigenvalue weighted by Gasteiger charge is -2.51. The maximum atomic E-state index is 2.84. The van der Waals surface area contributed by atoms with Crippen LogP contribution in [0.25, 0.3) is 44.5 Å². The van der Waals surface area contributed by atoms with Crippen LogP contribution in [0.3, 0.4) is 0 Å². The third kappa shape index (κ3) is 7.84. The van der Waals surface area contributed by atoms with Gasteiger partial charge in [-0.25, -0.2) is 0 Å². The van der Waals surface area contributed by atoms with Gasteiger partial charge in [-0.1, -0.05) is 212 Å². The Morgan fingerprint density at radius 1 is 0.415 bits per heavy atom. The Bertz CT molecular complexity index is 4190. The van der Waals surface area contributed by atoms with Crippen LogP contribution < -0.4 is 31.1 Å². The minimum absolute atomic E-state index is 0.0419. The number of aryl methyl sites for hydroxylation is 1. The van der Waals surface area contributed by atoms with Gasteiger partial charge < -0.3 is 14.7 Å². The highest BCUT2D eigenvalue weighted by atomic mass is 15.3. The van der Waals surface area contributed by atoms with Crippen molar-refractivity contribution in [2.24, 2.45) is 5.41 Å². The normalized spacial score (nSPS) is 19.0.